The predicted molar refractivity (Wildman–Crippen MR) is 99.0 cm³/mol. The van der Waals surface area contributed by atoms with Crippen molar-refractivity contribution in [2.45, 2.75) is 5.75 Å². The maximum absolute atomic E-state index is 11.7. The van der Waals surface area contributed by atoms with Gasteiger partial charge in [0.2, 0.25) is 5.91 Å². The highest BCUT2D eigenvalue weighted by Crippen LogP contribution is 2.16. The van der Waals surface area contributed by atoms with E-state index in [2.05, 4.69) is 26.5 Å². The SMILES string of the molecule is COc1ccccc1/C=N\NC(=O)CSCc1ccc(Br)cc1. The minimum Gasteiger partial charge on any atom is -0.496 e. The standard InChI is InChI=1S/C17H17BrN2O2S/c1-22-16-5-3-2-4-14(16)10-19-20-17(21)12-23-11-13-6-8-15(18)9-7-13/h2-10H,11-12H2,1H3,(H,20,21)/b19-10-. The highest BCUT2D eigenvalue weighted by molar-refractivity contribution is 9.10. The van der Waals surface area contributed by atoms with Gasteiger partial charge in [-0.1, -0.05) is 40.2 Å². The molecule has 0 radical (unpaired) electrons. The van der Waals surface area contributed by atoms with Gasteiger partial charge in [0.25, 0.3) is 0 Å². The van der Waals surface area contributed by atoms with Gasteiger partial charge in [-0.25, -0.2) is 5.43 Å². The van der Waals surface area contributed by atoms with Crippen molar-refractivity contribution in [2.24, 2.45) is 5.10 Å². The van der Waals surface area contributed by atoms with Crippen LogP contribution in [0, 0.1) is 0 Å². The number of hydrogen-bond acceptors (Lipinski definition) is 4. The second-order valence-electron chi connectivity index (χ2n) is 4.65. The molecule has 0 bridgehead atoms. The van der Waals surface area contributed by atoms with Gasteiger partial charge in [-0.15, -0.1) is 11.8 Å². The smallest absolute Gasteiger partial charge is 0.250 e. The number of ether oxygens (including phenoxy) is 1. The van der Waals surface area contributed by atoms with Crippen LogP contribution in [0.1, 0.15) is 11.1 Å². The van der Waals surface area contributed by atoms with Gasteiger partial charge in [0.1, 0.15) is 5.75 Å². The van der Waals surface area contributed by atoms with E-state index in [0.717, 1.165) is 21.5 Å². The van der Waals surface area contributed by atoms with Gasteiger partial charge in [0.15, 0.2) is 0 Å². The minimum atomic E-state index is -0.127. The third kappa shape index (κ3) is 6.08. The average molecular weight is 393 g/mol. The zero-order chi connectivity index (χ0) is 16.5. The van der Waals surface area contributed by atoms with E-state index >= 15 is 0 Å². The lowest BCUT2D eigenvalue weighted by atomic mass is 10.2. The summed E-state index contributed by atoms with van der Waals surface area (Å²) in [4.78, 5) is 11.7. The molecule has 0 heterocycles. The fourth-order valence-corrected chi connectivity index (χ4v) is 2.87. The number of hydrogen-bond donors (Lipinski definition) is 1. The van der Waals surface area contributed by atoms with Gasteiger partial charge in [-0.05, 0) is 29.8 Å². The average Bonchev–Trinajstić information content (AvgIpc) is 2.57. The molecular formula is C17H17BrN2O2S. The van der Waals surface area contributed by atoms with Crippen molar-refractivity contribution in [3.63, 3.8) is 0 Å². The molecule has 0 fully saturated rings. The normalized spacial score (nSPS) is 10.7. The summed E-state index contributed by atoms with van der Waals surface area (Å²) >= 11 is 4.95. The molecule has 0 saturated heterocycles. The summed E-state index contributed by atoms with van der Waals surface area (Å²) in [6.07, 6.45) is 1.58. The number of benzene rings is 2. The summed E-state index contributed by atoms with van der Waals surface area (Å²) in [5.74, 6) is 1.74. The van der Waals surface area contributed by atoms with E-state index in [1.54, 1.807) is 25.1 Å². The molecule has 6 heteroatoms. The van der Waals surface area contributed by atoms with Crippen LogP contribution in [0.4, 0.5) is 0 Å². The first kappa shape index (κ1) is 17.6. The van der Waals surface area contributed by atoms with Crippen LogP contribution in [-0.4, -0.2) is 25.0 Å². The lowest BCUT2D eigenvalue weighted by molar-refractivity contribution is -0.118. The van der Waals surface area contributed by atoms with E-state index in [1.165, 1.54) is 5.56 Å². The zero-order valence-corrected chi connectivity index (χ0v) is 15.1. The lowest BCUT2D eigenvalue weighted by Crippen LogP contribution is -2.19. The van der Waals surface area contributed by atoms with Crippen molar-refractivity contribution in [1.82, 2.24) is 5.43 Å². The van der Waals surface area contributed by atoms with E-state index < -0.39 is 0 Å². The third-order valence-corrected chi connectivity index (χ3v) is 4.48. The Bertz CT molecular complexity index is 675. The molecule has 0 aliphatic rings. The predicted octanol–water partition coefficient (Wildman–Crippen LogP) is 3.84. The molecule has 0 atom stereocenters. The summed E-state index contributed by atoms with van der Waals surface area (Å²) in [6, 6.07) is 15.5. The van der Waals surface area contributed by atoms with E-state index in [9.17, 15) is 4.79 Å². The summed E-state index contributed by atoms with van der Waals surface area (Å²) in [7, 11) is 1.60. The Balaban J connectivity index is 1.74. The third-order valence-electron chi connectivity index (χ3n) is 2.95. The van der Waals surface area contributed by atoms with Crippen LogP contribution < -0.4 is 10.2 Å². The molecule has 0 aromatic heterocycles. The van der Waals surface area contributed by atoms with Crippen molar-refractivity contribution < 1.29 is 9.53 Å². The molecule has 0 aliphatic carbocycles. The Kier molecular flexibility index (Phi) is 7.16. The number of nitrogens with zero attached hydrogens (tertiary/aromatic N) is 1. The number of halogens is 1. The van der Waals surface area contributed by atoms with Crippen LogP contribution in [0.15, 0.2) is 58.1 Å². The molecule has 2 aromatic rings. The first-order valence-electron chi connectivity index (χ1n) is 6.96. The minimum absolute atomic E-state index is 0.127. The summed E-state index contributed by atoms with van der Waals surface area (Å²) in [5, 5.41) is 3.96. The number of rotatable bonds is 7. The Labute approximate surface area is 148 Å². The molecule has 0 spiro atoms. The maximum atomic E-state index is 11.7. The zero-order valence-electron chi connectivity index (χ0n) is 12.7. The number of thioether (sulfide) groups is 1. The van der Waals surface area contributed by atoms with Crippen LogP contribution >= 0.6 is 27.7 Å². The van der Waals surface area contributed by atoms with Crippen molar-refractivity contribution in [2.75, 3.05) is 12.9 Å². The quantitative estimate of drug-likeness (QED) is 0.575. The number of nitrogens with one attached hydrogen (secondary N) is 1. The molecular weight excluding hydrogens is 376 g/mol. The molecule has 120 valence electrons. The van der Waals surface area contributed by atoms with Crippen molar-refractivity contribution in [3.05, 3.63) is 64.1 Å². The maximum Gasteiger partial charge on any atom is 0.250 e. The molecule has 0 unspecified atom stereocenters. The molecule has 0 saturated carbocycles. The van der Waals surface area contributed by atoms with E-state index in [1.807, 2.05) is 48.5 Å². The summed E-state index contributed by atoms with van der Waals surface area (Å²) < 4.78 is 6.26. The van der Waals surface area contributed by atoms with Gasteiger partial charge < -0.3 is 4.74 Å². The fourth-order valence-electron chi connectivity index (χ4n) is 1.82. The van der Waals surface area contributed by atoms with Crippen molar-refractivity contribution in [3.8, 4) is 5.75 Å². The summed E-state index contributed by atoms with van der Waals surface area (Å²) in [5.41, 5.74) is 4.53. The second-order valence-corrected chi connectivity index (χ2v) is 6.56. The van der Waals surface area contributed by atoms with Gasteiger partial charge in [-0.2, -0.15) is 5.10 Å². The van der Waals surface area contributed by atoms with Crippen LogP contribution in [0.5, 0.6) is 5.75 Å². The molecule has 23 heavy (non-hydrogen) atoms. The number of amides is 1. The van der Waals surface area contributed by atoms with Crippen molar-refractivity contribution >= 4 is 39.8 Å². The number of carbonyl (C=O) groups excluding carboxylic acids is 1. The molecule has 2 aromatic carbocycles. The molecule has 2 rings (SSSR count). The Morgan fingerprint density at radius 2 is 2.00 bits per heavy atom. The van der Waals surface area contributed by atoms with Crippen LogP contribution in [0.3, 0.4) is 0 Å². The fraction of sp³-hybridized carbons (Fsp3) is 0.176. The Morgan fingerprint density at radius 1 is 1.26 bits per heavy atom. The molecule has 1 N–H and O–H groups in total. The number of para-hydroxylation sites is 1. The van der Waals surface area contributed by atoms with Gasteiger partial charge >= 0.3 is 0 Å². The van der Waals surface area contributed by atoms with E-state index in [4.69, 9.17) is 4.74 Å². The summed E-state index contributed by atoms with van der Waals surface area (Å²) in [6.45, 7) is 0. The first-order chi connectivity index (χ1) is 11.2. The largest absolute Gasteiger partial charge is 0.496 e. The second kappa shape index (κ2) is 9.37. The molecule has 0 aliphatic heterocycles. The first-order valence-corrected chi connectivity index (χ1v) is 8.91. The van der Waals surface area contributed by atoms with Gasteiger partial charge in [0, 0.05) is 15.8 Å². The lowest BCUT2D eigenvalue weighted by Gasteiger charge is -2.03. The van der Waals surface area contributed by atoms with Gasteiger partial charge in [0.05, 0.1) is 19.1 Å². The highest BCUT2D eigenvalue weighted by atomic mass is 79.9. The molecule has 4 nitrogen and oxygen atoms in total. The molecule has 1 amide bonds. The van der Waals surface area contributed by atoms with E-state index in [0.29, 0.717) is 5.75 Å². The van der Waals surface area contributed by atoms with Crippen molar-refractivity contribution in [1.29, 1.82) is 0 Å². The number of methoxy groups -OCH3 is 1. The topological polar surface area (TPSA) is 50.7 Å². The van der Waals surface area contributed by atoms with Crippen LogP contribution in [0.25, 0.3) is 0 Å². The Hall–Kier alpha value is -1.79. The number of hydrazone groups is 1. The van der Waals surface area contributed by atoms with Crippen LogP contribution in [0.2, 0.25) is 0 Å². The van der Waals surface area contributed by atoms with E-state index in [-0.39, 0.29) is 5.91 Å². The number of carbonyl (C=O) groups is 1. The highest BCUT2D eigenvalue weighted by Gasteiger charge is 2.02. The van der Waals surface area contributed by atoms with Gasteiger partial charge in [-0.3, -0.25) is 4.79 Å². The monoisotopic (exact) mass is 392 g/mol. The van der Waals surface area contributed by atoms with Crippen LogP contribution in [-0.2, 0) is 10.5 Å². The Morgan fingerprint density at radius 3 is 2.74 bits per heavy atom.